The van der Waals surface area contributed by atoms with Crippen molar-refractivity contribution >= 4 is 22.4 Å². The first-order valence-electron chi connectivity index (χ1n) is 8.85. The number of fused-ring (bicyclic) bond motifs is 1. The Bertz CT molecular complexity index is 867. The third-order valence-corrected chi connectivity index (χ3v) is 4.92. The lowest BCUT2D eigenvalue weighted by Crippen LogP contribution is -2.49. The van der Waals surface area contributed by atoms with Crippen LogP contribution in [0.15, 0.2) is 72.8 Å². The van der Waals surface area contributed by atoms with Gasteiger partial charge in [-0.05, 0) is 28.5 Å². The minimum Gasteiger partial charge on any atom is -0.368 e. The Balaban J connectivity index is 1.38. The first-order valence-corrected chi connectivity index (χ1v) is 8.85. The van der Waals surface area contributed by atoms with Gasteiger partial charge in [0.2, 0.25) is 5.91 Å². The monoisotopic (exact) mass is 330 g/mol. The van der Waals surface area contributed by atoms with Gasteiger partial charge >= 0.3 is 0 Å². The van der Waals surface area contributed by atoms with E-state index in [0.717, 1.165) is 31.7 Å². The van der Waals surface area contributed by atoms with Crippen molar-refractivity contribution in [2.45, 2.75) is 6.42 Å². The van der Waals surface area contributed by atoms with Crippen LogP contribution in [-0.4, -0.2) is 37.0 Å². The number of rotatable bonds is 3. The predicted molar refractivity (Wildman–Crippen MR) is 103 cm³/mol. The Morgan fingerprint density at radius 1 is 0.760 bits per heavy atom. The lowest BCUT2D eigenvalue weighted by molar-refractivity contribution is -0.130. The van der Waals surface area contributed by atoms with E-state index in [4.69, 9.17) is 0 Å². The van der Waals surface area contributed by atoms with Crippen molar-refractivity contribution in [2.75, 3.05) is 31.1 Å². The molecule has 0 radical (unpaired) electrons. The van der Waals surface area contributed by atoms with E-state index >= 15 is 0 Å². The summed E-state index contributed by atoms with van der Waals surface area (Å²) in [5.74, 6) is 0.225. The van der Waals surface area contributed by atoms with E-state index in [1.165, 1.54) is 16.5 Å². The number of piperazine rings is 1. The maximum Gasteiger partial charge on any atom is 0.227 e. The number of amides is 1. The summed E-state index contributed by atoms with van der Waals surface area (Å²) < 4.78 is 0. The topological polar surface area (TPSA) is 23.6 Å². The van der Waals surface area contributed by atoms with Gasteiger partial charge in [-0.15, -0.1) is 0 Å². The molecule has 25 heavy (non-hydrogen) atoms. The maximum atomic E-state index is 12.7. The van der Waals surface area contributed by atoms with Crippen LogP contribution in [0.25, 0.3) is 10.8 Å². The van der Waals surface area contributed by atoms with Crippen LogP contribution < -0.4 is 4.90 Å². The Labute approximate surface area is 148 Å². The van der Waals surface area contributed by atoms with Crippen molar-refractivity contribution in [3.8, 4) is 0 Å². The molecule has 126 valence electrons. The third-order valence-electron chi connectivity index (χ3n) is 4.92. The molecule has 4 rings (SSSR count). The lowest BCUT2D eigenvalue weighted by atomic mass is 10.0. The molecule has 0 atom stereocenters. The van der Waals surface area contributed by atoms with E-state index < -0.39 is 0 Å². The van der Waals surface area contributed by atoms with Crippen LogP contribution >= 0.6 is 0 Å². The molecule has 0 saturated carbocycles. The van der Waals surface area contributed by atoms with E-state index in [9.17, 15) is 4.79 Å². The summed E-state index contributed by atoms with van der Waals surface area (Å²) in [6.07, 6.45) is 0.482. The summed E-state index contributed by atoms with van der Waals surface area (Å²) in [5.41, 5.74) is 2.33. The number of hydrogen-bond acceptors (Lipinski definition) is 2. The Morgan fingerprint density at radius 3 is 2.20 bits per heavy atom. The van der Waals surface area contributed by atoms with Gasteiger partial charge in [0.25, 0.3) is 0 Å². The zero-order valence-corrected chi connectivity index (χ0v) is 14.3. The van der Waals surface area contributed by atoms with Crippen molar-refractivity contribution in [3.63, 3.8) is 0 Å². The summed E-state index contributed by atoms with van der Waals surface area (Å²) in [7, 11) is 0. The van der Waals surface area contributed by atoms with Crippen molar-refractivity contribution < 1.29 is 4.79 Å². The zero-order valence-electron chi connectivity index (χ0n) is 14.3. The summed E-state index contributed by atoms with van der Waals surface area (Å²) >= 11 is 0. The van der Waals surface area contributed by atoms with Crippen molar-refractivity contribution in [3.05, 3.63) is 78.4 Å². The number of anilines is 1. The molecule has 1 aliphatic heterocycles. The molecule has 3 aromatic carbocycles. The largest absolute Gasteiger partial charge is 0.368 e. The lowest BCUT2D eigenvalue weighted by Gasteiger charge is -2.36. The molecule has 0 spiro atoms. The molecule has 1 amide bonds. The Kier molecular flexibility index (Phi) is 4.38. The summed E-state index contributed by atoms with van der Waals surface area (Å²) in [6.45, 7) is 3.38. The van der Waals surface area contributed by atoms with Crippen LogP contribution in [0.5, 0.6) is 0 Å². The van der Waals surface area contributed by atoms with Gasteiger partial charge in [-0.3, -0.25) is 4.79 Å². The van der Waals surface area contributed by atoms with Gasteiger partial charge in [0.05, 0.1) is 6.42 Å². The van der Waals surface area contributed by atoms with Crippen LogP contribution in [0.4, 0.5) is 5.69 Å². The van der Waals surface area contributed by atoms with E-state index in [0.29, 0.717) is 6.42 Å². The Morgan fingerprint density at radius 2 is 1.44 bits per heavy atom. The van der Waals surface area contributed by atoms with Gasteiger partial charge in [0.15, 0.2) is 0 Å². The van der Waals surface area contributed by atoms with Crippen LogP contribution in [0.3, 0.4) is 0 Å². The SMILES string of the molecule is O=C(Cc1ccc2ccccc2c1)N1CCN(c2ccccc2)CC1. The Hall–Kier alpha value is -2.81. The molecule has 3 nitrogen and oxygen atoms in total. The highest BCUT2D eigenvalue weighted by molar-refractivity contribution is 5.85. The van der Waals surface area contributed by atoms with Crippen LogP contribution in [-0.2, 0) is 11.2 Å². The highest BCUT2D eigenvalue weighted by Gasteiger charge is 2.21. The molecule has 0 aliphatic carbocycles. The highest BCUT2D eigenvalue weighted by Crippen LogP contribution is 2.18. The molecule has 3 heteroatoms. The standard InChI is InChI=1S/C22H22N2O/c25-22(17-18-10-11-19-6-4-5-7-20(19)16-18)24-14-12-23(13-15-24)21-8-2-1-3-9-21/h1-11,16H,12-15,17H2. The number of hydrogen-bond donors (Lipinski definition) is 0. The minimum absolute atomic E-state index is 0.225. The molecule has 0 aromatic heterocycles. The van der Waals surface area contributed by atoms with Crippen molar-refractivity contribution in [2.24, 2.45) is 0 Å². The van der Waals surface area contributed by atoms with Crippen molar-refractivity contribution in [1.82, 2.24) is 4.90 Å². The fourth-order valence-corrected chi connectivity index (χ4v) is 3.49. The van der Waals surface area contributed by atoms with E-state index in [2.05, 4.69) is 59.5 Å². The average Bonchev–Trinajstić information content (AvgIpc) is 2.69. The minimum atomic E-state index is 0.225. The summed E-state index contributed by atoms with van der Waals surface area (Å²) in [6, 6.07) is 25.0. The highest BCUT2D eigenvalue weighted by atomic mass is 16.2. The molecule has 1 aliphatic rings. The van der Waals surface area contributed by atoms with Crippen LogP contribution in [0, 0.1) is 0 Å². The zero-order chi connectivity index (χ0) is 17.1. The fraction of sp³-hybridized carbons (Fsp3) is 0.227. The molecular weight excluding hydrogens is 308 g/mol. The van der Waals surface area contributed by atoms with E-state index in [-0.39, 0.29) is 5.91 Å². The molecule has 0 bridgehead atoms. The van der Waals surface area contributed by atoms with Gasteiger partial charge in [-0.1, -0.05) is 60.7 Å². The third kappa shape index (κ3) is 3.50. The van der Waals surface area contributed by atoms with Gasteiger partial charge in [-0.2, -0.15) is 0 Å². The summed E-state index contributed by atoms with van der Waals surface area (Å²) in [4.78, 5) is 17.0. The second-order valence-corrected chi connectivity index (χ2v) is 6.56. The van der Waals surface area contributed by atoms with Gasteiger partial charge in [0.1, 0.15) is 0 Å². The van der Waals surface area contributed by atoms with Gasteiger partial charge < -0.3 is 9.80 Å². The first-order chi connectivity index (χ1) is 12.3. The molecule has 0 N–H and O–H groups in total. The number of carbonyl (C=O) groups is 1. The maximum absolute atomic E-state index is 12.7. The molecule has 1 heterocycles. The molecule has 0 unspecified atom stereocenters. The van der Waals surface area contributed by atoms with Gasteiger partial charge in [0, 0.05) is 31.9 Å². The van der Waals surface area contributed by atoms with Gasteiger partial charge in [-0.25, -0.2) is 0 Å². The molecular formula is C22H22N2O. The average molecular weight is 330 g/mol. The first kappa shape index (κ1) is 15.7. The van der Waals surface area contributed by atoms with E-state index in [1.54, 1.807) is 0 Å². The smallest absolute Gasteiger partial charge is 0.227 e. The fourth-order valence-electron chi connectivity index (χ4n) is 3.49. The second kappa shape index (κ2) is 6.98. The quantitative estimate of drug-likeness (QED) is 0.730. The van der Waals surface area contributed by atoms with E-state index in [1.807, 2.05) is 23.1 Å². The normalized spacial score (nSPS) is 14.7. The molecule has 3 aromatic rings. The van der Waals surface area contributed by atoms with Crippen LogP contribution in [0.1, 0.15) is 5.56 Å². The number of benzene rings is 3. The number of para-hydroxylation sites is 1. The second-order valence-electron chi connectivity index (χ2n) is 6.56. The molecule has 1 fully saturated rings. The van der Waals surface area contributed by atoms with Crippen molar-refractivity contribution in [1.29, 1.82) is 0 Å². The predicted octanol–water partition coefficient (Wildman–Crippen LogP) is 3.73. The van der Waals surface area contributed by atoms with Crippen LogP contribution in [0.2, 0.25) is 0 Å². The number of carbonyl (C=O) groups excluding carboxylic acids is 1. The molecule has 1 saturated heterocycles. The number of nitrogens with zero attached hydrogens (tertiary/aromatic N) is 2. The summed E-state index contributed by atoms with van der Waals surface area (Å²) in [5, 5.41) is 2.41.